The average molecular weight is 294 g/mol. The normalized spacial score (nSPS) is 17.9. The summed E-state index contributed by atoms with van der Waals surface area (Å²) in [5.41, 5.74) is 0.195. The fourth-order valence-corrected chi connectivity index (χ4v) is 2.16. The van der Waals surface area contributed by atoms with Crippen LogP contribution in [0.25, 0.3) is 0 Å². The van der Waals surface area contributed by atoms with Gasteiger partial charge in [-0.15, -0.1) is 0 Å². The van der Waals surface area contributed by atoms with E-state index in [-0.39, 0.29) is 17.6 Å². The van der Waals surface area contributed by atoms with Crippen molar-refractivity contribution in [1.29, 1.82) is 0 Å². The van der Waals surface area contributed by atoms with Crippen molar-refractivity contribution < 1.29 is 14.3 Å². The van der Waals surface area contributed by atoms with Crippen LogP contribution in [0.3, 0.4) is 0 Å². The maximum atomic E-state index is 11.8. The zero-order chi connectivity index (χ0) is 15.1. The summed E-state index contributed by atoms with van der Waals surface area (Å²) in [6.45, 7) is 2.58. The van der Waals surface area contributed by atoms with Gasteiger partial charge in [-0.1, -0.05) is 0 Å². The molecule has 1 aliphatic heterocycles. The highest BCUT2D eigenvalue weighted by Gasteiger charge is 2.14. The third-order valence-electron chi connectivity index (χ3n) is 3.45. The van der Waals surface area contributed by atoms with Crippen LogP contribution in [0.1, 0.15) is 29.6 Å². The highest BCUT2D eigenvalue weighted by molar-refractivity contribution is 5.93. The lowest BCUT2D eigenvalue weighted by molar-refractivity contribution is 0.0166. The van der Waals surface area contributed by atoms with Crippen LogP contribution < -0.4 is 10.9 Å². The molecule has 21 heavy (non-hydrogen) atoms. The van der Waals surface area contributed by atoms with Crippen LogP contribution in [0.2, 0.25) is 0 Å². The monoisotopic (exact) mass is 294 g/mol. The molecule has 0 aliphatic carbocycles. The molecule has 1 aliphatic rings. The molecule has 1 N–H and O–H groups in total. The standard InChI is InChI=1S/C15H22N2O4/c1-17-7-5-12(10-14(17)18)15(19)16-6-3-8-20-11-13-4-2-9-21-13/h5,7,10,13H,2-4,6,8-9,11H2,1H3,(H,16,19)/t13-/m1/s1. The van der Waals surface area contributed by atoms with Crippen LogP contribution in [0, 0.1) is 0 Å². The van der Waals surface area contributed by atoms with E-state index in [1.54, 1.807) is 19.3 Å². The van der Waals surface area contributed by atoms with Gasteiger partial charge in [-0.3, -0.25) is 9.59 Å². The quantitative estimate of drug-likeness (QED) is 0.752. The Hall–Kier alpha value is -1.66. The zero-order valence-electron chi connectivity index (χ0n) is 12.3. The summed E-state index contributed by atoms with van der Waals surface area (Å²) in [4.78, 5) is 23.3. The minimum absolute atomic E-state index is 0.192. The number of nitrogens with one attached hydrogen (secondary N) is 1. The van der Waals surface area contributed by atoms with Gasteiger partial charge in [-0.25, -0.2) is 0 Å². The topological polar surface area (TPSA) is 69.6 Å². The number of pyridine rings is 1. The first-order chi connectivity index (χ1) is 10.2. The summed E-state index contributed by atoms with van der Waals surface area (Å²) in [6, 6.07) is 2.97. The van der Waals surface area contributed by atoms with Crippen LogP contribution in [0.4, 0.5) is 0 Å². The summed E-state index contributed by atoms with van der Waals surface area (Å²) in [5.74, 6) is -0.230. The van der Waals surface area contributed by atoms with Crippen LogP contribution >= 0.6 is 0 Å². The van der Waals surface area contributed by atoms with Crippen molar-refractivity contribution in [3.8, 4) is 0 Å². The third-order valence-corrected chi connectivity index (χ3v) is 3.45. The molecule has 0 spiro atoms. The molecule has 1 saturated heterocycles. The summed E-state index contributed by atoms with van der Waals surface area (Å²) < 4.78 is 12.4. The van der Waals surface area contributed by atoms with E-state index in [1.165, 1.54) is 10.6 Å². The van der Waals surface area contributed by atoms with E-state index < -0.39 is 0 Å². The summed E-state index contributed by atoms with van der Waals surface area (Å²) in [6.07, 6.45) is 4.74. The van der Waals surface area contributed by atoms with Crippen molar-refractivity contribution in [2.75, 3.05) is 26.4 Å². The first-order valence-corrected chi connectivity index (χ1v) is 7.31. The number of carbonyl (C=O) groups is 1. The highest BCUT2D eigenvalue weighted by Crippen LogP contribution is 2.11. The van der Waals surface area contributed by atoms with Gasteiger partial charge in [-0.05, 0) is 25.3 Å². The summed E-state index contributed by atoms with van der Waals surface area (Å²) in [7, 11) is 1.65. The van der Waals surface area contributed by atoms with Crippen molar-refractivity contribution in [2.45, 2.75) is 25.4 Å². The van der Waals surface area contributed by atoms with E-state index in [9.17, 15) is 9.59 Å². The predicted molar refractivity (Wildman–Crippen MR) is 78.4 cm³/mol. The van der Waals surface area contributed by atoms with Gasteiger partial charge in [0.05, 0.1) is 12.7 Å². The lowest BCUT2D eigenvalue weighted by atomic mass is 10.2. The Morgan fingerprint density at radius 1 is 1.57 bits per heavy atom. The number of aromatic nitrogens is 1. The second kappa shape index (κ2) is 7.95. The van der Waals surface area contributed by atoms with Gasteiger partial charge in [0.25, 0.3) is 11.5 Å². The minimum atomic E-state index is -0.230. The average Bonchev–Trinajstić information content (AvgIpc) is 2.98. The van der Waals surface area contributed by atoms with Gasteiger partial charge in [0.2, 0.25) is 0 Å². The second-order valence-electron chi connectivity index (χ2n) is 5.18. The molecular formula is C15H22N2O4. The Morgan fingerprint density at radius 3 is 3.14 bits per heavy atom. The van der Waals surface area contributed by atoms with Crippen LogP contribution in [-0.4, -0.2) is 42.9 Å². The van der Waals surface area contributed by atoms with Crippen molar-refractivity contribution >= 4 is 5.91 Å². The SMILES string of the molecule is Cn1ccc(C(=O)NCCCOC[C@H]2CCCO2)cc1=O. The minimum Gasteiger partial charge on any atom is -0.379 e. The fourth-order valence-electron chi connectivity index (χ4n) is 2.16. The molecule has 6 heteroatoms. The highest BCUT2D eigenvalue weighted by atomic mass is 16.5. The Morgan fingerprint density at radius 2 is 2.43 bits per heavy atom. The molecule has 0 saturated carbocycles. The number of hydrogen-bond donors (Lipinski definition) is 1. The number of hydrogen-bond acceptors (Lipinski definition) is 4. The molecule has 2 rings (SSSR count). The van der Waals surface area contributed by atoms with Gasteiger partial charge in [0, 0.05) is 44.6 Å². The molecule has 1 amide bonds. The molecule has 1 aromatic heterocycles. The number of amides is 1. The molecule has 1 aromatic rings. The molecule has 6 nitrogen and oxygen atoms in total. The van der Waals surface area contributed by atoms with Crippen molar-refractivity contribution in [1.82, 2.24) is 9.88 Å². The number of carbonyl (C=O) groups excluding carboxylic acids is 1. The van der Waals surface area contributed by atoms with E-state index in [4.69, 9.17) is 9.47 Å². The van der Waals surface area contributed by atoms with Gasteiger partial charge in [0.1, 0.15) is 0 Å². The molecule has 0 bridgehead atoms. The first-order valence-electron chi connectivity index (χ1n) is 7.31. The largest absolute Gasteiger partial charge is 0.379 e. The molecule has 0 aromatic carbocycles. The Balaban J connectivity index is 1.60. The molecule has 2 heterocycles. The van der Waals surface area contributed by atoms with E-state index in [1.807, 2.05) is 0 Å². The van der Waals surface area contributed by atoms with E-state index in [2.05, 4.69) is 5.32 Å². The zero-order valence-corrected chi connectivity index (χ0v) is 12.3. The summed E-state index contributed by atoms with van der Waals surface area (Å²) >= 11 is 0. The second-order valence-corrected chi connectivity index (χ2v) is 5.18. The van der Waals surface area contributed by atoms with Gasteiger partial charge in [0.15, 0.2) is 0 Å². The number of nitrogens with zero attached hydrogens (tertiary/aromatic N) is 1. The number of aryl methyl sites for hydroxylation is 1. The van der Waals surface area contributed by atoms with Gasteiger partial charge < -0.3 is 19.4 Å². The molecule has 116 valence electrons. The van der Waals surface area contributed by atoms with Crippen molar-refractivity contribution in [3.05, 3.63) is 34.2 Å². The molecular weight excluding hydrogens is 272 g/mol. The first kappa shape index (κ1) is 15.7. The third kappa shape index (κ3) is 4.99. The lowest BCUT2D eigenvalue weighted by Gasteiger charge is -2.10. The van der Waals surface area contributed by atoms with Gasteiger partial charge >= 0.3 is 0 Å². The van der Waals surface area contributed by atoms with Crippen molar-refractivity contribution in [2.24, 2.45) is 7.05 Å². The maximum absolute atomic E-state index is 11.8. The number of ether oxygens (including phenoxy) is 2. The molecule has 0 radical (unpaired) electrons. The Kier molecular flexibility index (Phi) is 5.95. The predicted octanol–water partition coefficient (Wildman–Crippen LogP) is 0.701. The molecule has 0 unspecified atom stereocenters. The fraction of sp³-hybridized carbons (Fsp3) is 0.600. The summed E-state index contributed by atoms with van der Waals surface area (Å²) in [5, 5.41) is 2.78. The molecule has 1 atom stereocenters. The Bertz CT molecular complexity index is 521. The van der Waals surface area contributed by atoms with E-state index in [0.717, 1.165) is 25.9 Å². The van der Waals surface area contributed by atoms with Crippen molar-refractivity contribution in [3.63, 3.8) is 0 Å². The molecule has 1 fully saturated rings. The van der Waals surface area contributed by atoms with Gasteiger partial charge in [-0.2, -0.15) is 0 Å². The van der Waals surface area contributed by atoms with Crippen LogP contribution in [0.5, 0.6) is 0 Å². The number of rotatable bonds is 7. The van der Waals surface area contributed by atoms with Crippen LogP contribution in [0.15, 0.2) is 23.1 Å². The van der Waals surface area contributed by atoms with E-state index >= 15 is 0 Å². The Labute approximate surface area is 124 Å². The maximum Gasteiger partial charge on any atom is 0.251 e. The lowest BCUT2D eigenvalue weighted by Crippen LogP contribution is -2.27. The van der Waals surface area contributed by atoms with E-state index in [0.29, 0.717) is 25.3 Å². The van der Waals surface area contributed by atoms with Crippen LogP contribution in [-0.2, 0) is 16.5 Å². The smallest absolute Gasteiger partial charge is 0.251 e.